The smallest absolute Gasteiger partial charge is 0.307 e. The van der Waals surface area contributed by atoms with E-state index in [0.29, 0.717) is 11.3 Å². The highest BCUT2D eigenvalue weighted by atomic mass is 32.1. The van der Waals surface area contributed by atoms with Crippen LogP contribution in [-0.2, 0) is 0 Å². The third-order valence-corrected chi connectivity index (χ3v) is 5.38. The van der Waals surface area contributed by atoms with E-state index in [-0.39, 0.29) is 34.1 Å². The maximum atomic E-state index is 13.1. The van der Waals surface area contributed by atoms with Gasteiger partial charge in [-0.3, -0.25) is 14.9 Å². The zero-order chi connectivity index (χ0) is 21.1. The second kappa shape index (κ2) is 8.26. The van der Waals surface area contributed by atoms with Crippen molar-refractivity contribution in [1.82, 2.24) is 4.98 Å². The summed E-state index contributed by atoms with van der Waals surface area (Å²) < 4.78 is 5.49. The van der Waals surface area contributed by atoms with Crippen LogP contribution in [0.5, 0.6) is 0 Å². The number of nitrogens with zero attached hydrogens (tertiary/aromatic N) is 2. The van der Waals surface area contributed by atoms with E-state index in [1.54, 1.807) is 49.4 Å². The number of pyridine rings is 1. The molecule has 0 aliphatic heterocycles. The normalized spacial score (nSPS) is 11.1. The predicted octanol–water partition coefficient (Wildman–Crippen LogP) is 6.18. The number of ketones is 1. The Labute approximate surface area is 176 Å². The Hall–Kier alpha value is -3.84. The van der Waals surface area contributed by atoms with Crippen LogP contribution in [0.3, 0.4) is 0 Å². The SMILES string of the molecule is Cc1nc(-c2ccccc2)c([N+](=O)[O-])c(-c2ccco2)c1C(=O)C=Cc1cccs1. The van der Waals surface area contributed by atoms with E-state index in [9.17, 15) is 14.9 Å². The molecule has 0 aliphatic rings. The Morgan fingerprint density at radius 1 is 1.13 bits per heavy atom. The fraction of sp³-hybridized carbons (Fsp3) is 0.0435. The average molecular weight is 416 g/mol. The Bertz CT molecular complexity index is 1230. The number of carbonyl (C=O) groups is 1. The van der Waals surface area contributed by atoms with E-state index >= 15 is 0 Å². The highest BCUT2D eigenvalue weighted by Crippen LogP contribution is 2.41. The zero-order valence-corrected chi connectivity index (χ0v) is 16.8. The lowest BCUT2D eigenvalue weighted by Gasteiger charge is -2.13. The van der Waals surface area contributed by atoms with Gasteiger partial charge in [0.05, 0.1) is 22.4 Å². The first-order chi connectivity index (χ1) is 14.6. The second-order valence-electron chi connectivity index (χ2n) is 6.46. The highest BCUT2D eigenvalue weighted by Gasteiger charge is 2.32. The molecule has 4 aromatic rings. The molecule has 7 heteroatoms. The van der Waals surface area contributed by atoms with Crippen molar-refractivity contribution in [1.29, 1.82) is 0 Å². The first kappa shape index (κ1) is 19.5. The van der Waals surface area contributed by atoms with Crippen LogP contribution in [0.2, 0.25) is 0 Å². The molecule has 0 aliphatic carbocycles. The number of nitro groups is 1. The summed E-state index contributed by atoms with van der Waals surface area (Å²) in [6.45, 7) is 1.68. The van der Waals surface area contributed by atoms with Crippen molar-refractivity contribution in [3.05, 3.63) is 98.6 Å². The van der Waals surface area contributed by atoms with E-state index in [0.717, 1.165) is 4.88 Å². The third-order valence-electron chi connectivity index (χ3n) is 4.54. The number of furan rings is 1. The minimum atomic E-state index is -0.508. The van der Waals surface area contributed by atoms with Gasteiger partial charge in [-0.05, 0) is 42.7 Å². The number of hydrogen-bond acceptors (Lipinski definition) is 6. The lowest BCUT2D eigenvalue weighted by Crippen LogP contribution is -2.09. The fourth-order valence-electron chi connectivity index (χ4n) is 3.26. The van der Waals surface area contributed by atoms with Crippen LogP contribution in [0.1, 0.15) is 20.9 Å². The molecular weight excluding hydrogens is 400 g/mol. The minimum Gasteiger partial charge on any atom is -0.464 e. The molecule has 0 radical (unpaired) electrons. The van der Waals surface area contributed by atoms with Gasteiger partial charge in [0.25, 0.3) is 0 Å². The van der Waals surface area contributed by atoms with Crippen LogP contribution in [0, 0.1) is 17.0 Å². The van der Waals surface area contributed by atoms with Gasteiger partial charge in [-0.25, -0.2) is 4.98 Å². The topological polar surface area (TPSA) is 86.2 Å². The maximum absolute atomic E-state index is 13.1. The quantitative estimate of drug-likeness (QED) is 0.162. The van der Waals surface area contributed by atoms with Gasteiger partial charge in [0.1, 0.15) is 17.0 Å². The molecule has 3 heterocycles. The molecule has 148 valence electrons. The average Bonchev–Trinajstić information content (AvgIpc) is 3.45. The molecular formula is C23H16N2O4S. The summed E-state index contributed by atoms with van der Waals surface area (Å²) in [6.07, 6.45) is 4.52. The Balaban J connectivity index is 1.97. The molecule has 0 unspecified atom stereocenters. The summed E-state index contributed by atoms with van der Waals surface area (Å²) in [7, 11) is 0. The number of carbonyl (C=O) groups excluding carboxylic acids is 1. The molecule has 1 aromatic carbocycles. The lowest BCUT2D eigenvalue weighted by molar-refractivity contribution is -0.383. The number of hydrogen-bond donors (Lipinski definition) is 0. The van der Waals surface area contributed by atoms with Crippen molar-refractivity contribution < 1.29 is 14.1 Å². The number of benzene rings is 1. The number of aromatic nitrogens is 1. The minimum absolute atomic E-state index is 0.136. The third kappa shape index (κ3) is 3.70. The number of allylic oxidation sites excluding steroid dienone is 1. The summed E-state index contributed by atoms with van der Waals surface area (Å²) >= 11 is 1.49. The van der Waals surface area contributed by atoms with Crippen LogP contribution in [0.25, 0.3) is 28.7 Å². The van der Waals surface area contributed by atoms with E-state index in [1.807, 2.05) is 23.6 Å². The van der Waals surface area contributed by atoms with Crippen LogP contribution in [0.15, 0.2) is 76.7 Å². The van der Waals surface area contributed by atoms with Crippen molar-refractivity contribution in [2.45, 2.75) is 6.92 Å². The van der Waals surface area contributed by atoms with Gasteiger partial charge in [0, 0.05) is 10.4 Å². The first-order valence-electron chi connectivity index (χ1n) is 9.10. The molecule has 0 spiro atoms. The Morgan fingerprint density at radius 3 is 2.57 bits per heavy atom. The largest absolute Gasteiger partial charge is 0.464 e. The molecule has 6 nitrogen and oxygen atoms in total. The van der Waals surface area contributed by atoms with E-state index in [2.05, 4.69) is 4.98 Å². The van der Waals surface area contributed by atoms with Gasteiger partial charge < -0.3 is 4.42 Å². The maximum Gasteiger partial charge on any atom is 0.307 e. The summed E-state index contributed by atoms with van der Waals surface area (Å²) in [4.78, 5) is 30.1. The van der Waals surface area contributed by atoms with Gasteiger partial charge in [-0.1, -0.05) is 36.4 Å². The molecule has 0 bridgehead atoms. The molecule has 30 heavy (non-hydrogen) atoms. The monoisotopic (exact) mass is 416 g/mol. The fourth-order valence-corrected chi connectivity index (χ4v) is 3.88. The van der Waals surface area contributed by atoms with Crippen molar-refractivity contribution in [2.24, 2.45) is 0 Å². The molecule has 0 N–H and O–H groups in total. The summed E-state index contributed by atoms with van der Waals surface area (Å²) in [6, 6.07) is 15.9. The van der Waals surface area contributed by atoms with E-state index < -0.39 is 4.92 Å². The van der Waals surface area contributed by atoms with Crippen LogP contribution in [-0.4, -0.2) is 15.7 Å². The van der Waals surface area contributed by atoms with Crippen molar-refractivity contribution in [3.63, 3.8) is 0 Å². The van der Waals surface area contributed by atoms with Crippen LogP contribution >= 0.6 is 11.3 Å². The number of thiophene rings is 1. The number of aryl methyl sites for hydroxylation is 1. The van der Waals surface area contributed by atoms with Gasteiger partial charge in [0.15, 0.2) is 5.78 Å². The molecule has 4 rings (SSSR count). The van der Waals surface area contributed by atoms with E-state index in [1.165, 1.54) is 23.7 Å². The highest BCUT2D eigenvalue weighted by molar-refractivity contribution is 7.10. The molecule has 3 aromatic heterocycles. The molecule has 0 amide bonds. The van der Waals surface area contributed by atoms with Gasteiger partial charge >= 0.3 is 5.69 Å². The van der Waals surface area contributed by atoms with Gasteiger partial charge in [-0.15, -0.1) is 11.3 Å². The predicted molar refractivity (Wildman–Crippen MR) is 116 cm³/mol. The standard InChI is InChI=1S/C23H16N2O4S/c1-15-20(18(26)12-11-17-9-6-14-30-17)21(19-10-5-13-29-19)23(25(27)28)22(24-15)16-7-3-2-4-8-16/h2-14H,1H3. The lowest BCUT2D eigenvalue weighted by atomic mass is 9.95. The van der Waals surface area contributed by atoms with Gasteiger partial charge in [-0.2, -0.15) is 0 Å². The molecule has 0 fully saturated rings. The van der Waals surface area contributed by atoms with Crippen LogP contribution in [0.4, 0.5) is 5.69 Å². The summed E-state index contributed by atoms with van der Waals surface area (Å²) in [5.74, 6) is -0.125. The number of rotatable bonds is 6. The van der Waals surface area contributed by atoms with E-state index in [4.69, 9.17) is 4.42 Å². The Kier molecular flexibility index (Phi) is 5.36. The Morgan fingerprint density at radius 2 is 1.93 bits per heavy atom. The van der Waals surface area contributed by atoms with Crippen molar-refractivity contribution in [2.75, 3.05) is 0 Å². The van der Waals surface area contributed by atoms with Crippen molar-refractivity contribution >= 4 is 28.9 Å². The summed E-state index contributed by atoms with van der Waals surface area (Å²) in [5.41, 5.74) is 1.22. The zero-order valence-electron chi connectivity index (χ0n) is 15.9. The van der Waals surface area contributed by atoms with Crippen LogP contribution < -0.4 is 0 Å². The van der Waals surface area contributed by atoms with Gasteiger partial charge in [0.2, 0.25) is 0 Å². The summed E-state index contributed by atoms with van der Waals surface area (Å²) in [5, 5.41) is 14.0. The molecule has 0 saturated carbocycles. The second-order valence-corrected chi connectivity index (χ2v) is 7.44. The first-order valence-corrected chi connectivity index (χ1v) is 9.98. The molecule has 0 atom stereocenters. The molecule has 0 saturated heterocycles. The van der Waals surface area contributed by atoms with Crippen molar-refractivity contribution in [3.8, 4) is 22.6 Å².